The fraction of sp³-hybridized carbons (Fsp3) is 0.348. The zero-order chi connectivity index (χ0) is 38.4. The first-order valence-electron chi connectivity index (χ1n) is 18.2. The van der Waals surface area contributed by atoms with Gasteiger partial charge in [-0.1, -0.05) is 64.1 Å². The molecule has 5 aromatic rings. The second-order valence-corrected chi connectivity index (χ2v) is 18.3. The molecule has 3 aliphatic rings. The number of thioether (sulfide) groups is 2. The fourth-order valence-corrected chi connectivity index (χ4v) is 11.8. The van der Waals surface area contributed by atoms with Gasteiger partial charge in [0.05, 0.1) is 19.8 Å². The van der Waals surface area contributed by atoms with Gasteiger partial charge in [-0.2, -0.15) is 13.2 Å². The number of halogens is 3. The van der Waals surface area contributed by atoms with Gasteiger partial charge in [0.1, 0.15) is 17.2 Å². The Kier molecular flexibility index (Phi) is 8.74. The van der Waals surface area contributed by atoms with Crippen molar-refractivity contribution >= 4 is 40.4 Å². The summed E-state index contributed by atoms with van der Waals surface area (Å²) in [6.07, 6.45) is 6.43. The molecule has 1 heterocycles. The molecule has 0 saturated heterocycles. The van der Waals surface area contributed by atoms with Crippen molar-refractivity contribution in [2.24, 2.45) is 10.8 Å². The van der Waals surface area contributed by atoms with E-state index >= 15 is 0 Å². The van der Waals surface area contributed by atoms with Crippen molar-refractivity contribution in [2.75, 3.05) is 26.7 Å². The second kappa shape index (κ2) is 12.8. The Balaban J connectivity index is 1.51. The molecule has 54 heavy (non-hydrogen) atoms. The van der Waals surface area contributed by atoms with Gasteiger partial charge in [0.2, 0.25) is 0 Å². The van der Waals surface area contributed by atoms with Crippen LogP contribution in [0.3, 0.4) is 0 Å². The van der Waals surface area contributed by atoms with E-state index in [1.807, 2.05) is 48.5 Å². The van der Waals surface area contributed by atoms with E-state index < -0.39 is 22.8 Å². The van der Waals surface area contributed by atoms with Gasteiger partial charge in [0, 0.05) is 37.3 Å². The molecule has 8 heteroatoms. The van der Waals surface area contributed by atoms with Gasteiger partial charge in [0.25, 0.3) is 0 Å². The van der Waals surface area contributed by atoms with Crippen LogP contribution in [0.4, 0.5) is 13.2 Å². The molecule has 1 fully saturated rings. The monoisotopic (exact) mass is 766 g/mol. The van der Waals surface area contributed by atoms with Crippen molar-refractivity contribution < 1.29 is 27.4 Å². The quantitative estimate of drug-likeness (QED) is 0.161. The lowest BCUT2D eigenvalue weighted by Gasteiger charge is -2.52. The number of methoxy groups -OCH3 is 2. The summed E-state index contributed by atoms with van der Waals surface area (Å²) < 4.78 is 62.5. The van der Waals surface area contributed by atoms with E-state index in [0.717, 1.165) is 96.0 Å². The smallest absolute Gasteiger partial charge is 0.416 e. The molecule has 3 nitrogen and oxygen atoms in total. The van der Waals surface area contributed by atoms with Crippen molar-refractivity contribution in [2.45, 2.75) is 73.9 Å². The molecule has 5 aromatic carbocycles. The normalized spacial score (nSPS) is 18.5. The Bertz CT molecular complexity index is 2260. The van der Waals surface area contributed by atoms with E-state index in [1.54, 1.807) is 43.8 Å². The molecule has 0 radical (unpaired) electrons. The predicted octanol–water partition coefficient (Wildman–Crippen LogP) is 13.2. The molecule has 0 bridgehead atoms. The van der Waals surface area contributed by atoms with Crippen LogP contribution in [0.25, 0.3) is 28.0 Å². The van der Waals surface area contributed by atoms with Crippen LogP contribution in [0.15, 0.2) is 94.7 Å². The van der Waals surface area contributed by atoms with Crippen LogP contribution in [-0.2, 0) is 17.2 Å². The van der Waals surface area contributed by atoms with Gasteiger partial charge in [-0.15, -0.1) is 23.5 Å². The van der Waals surface area contributed by atoms with Crippen molar-refractivity contribution in [1.82, 2.24) is 0 Å². The predicted molar refractivity (Wildman–Crippen MR) is 217 cm³/mol. The van der Waals surface area contributed by atoms with Crippen LogP contribution in [0, 0.1) is 10.8 Å². The minimum absolute atomic E-state index is 0.140. The van der Waals surface area contributed by atoms with Crippen molar-refractivity contribution in [3.05, 3.63) is 118 Å². The first kappa shape index (κ1) is 36.9. The van der Waals surface area contributed by atoms with Crippen LogP contribution < -0.4 is 14.2 Å². The number of hydrogen-bond acceptors (Lipinski definition) is 5. The standard InChI is InChI=1S/C46H45F3O3S2/c1-42(2)24-43(3,4)26-44(25-42)36-21-29(46(47,48)49)13-18-32(36)39-34-22-37(53-7)38(54-8)23-35(34)41-33(40(39)44)19-20-45(52-41,27-9-14-30(50-5)15-10-27)28-11-16-31(51-6)17-12-28/h9-23H,24-26H2,1-8H3. The number of fused-ring (bicyclic) bond motifs is 10. The summed E-state index contributed by atoms with van der Waals surface area (Å²) in [5, 5.41) is 1.94. The molecule has 0 aromatic heterocycles. The summed E-state index contributed by atoms with van der Waals surface area (Å²) in [4.78, 5) is 2.24. The lowest BCUT2D eigenvalue weighted by molar-refractivity contribution is -0.137. The summed E-state index contributed by atoms with van der Waals surface area (Å²) in [7, 11) is 3.31. The Morgan fingerprint density at radius 2 is 1.22 bits per heavy atom. The SMILES string of the molecule is COc1ccc(C2(c3ccc(OC)cc3)C=Cc3c4c(c5cc(SC)c(SC)cc5c3O2)-c2ccc(C(F)(F)F)cc2C42CC(C)(C)CC(C)(C)C2)cc1. The van der Waals surface area contributed by atoms with Crippen LogP contribution in [0.1, 0.15) is 80.3 Å². The van der Waals surface area contributed by atoms with Crippen molar-refractivity contribution in [1.29, 1.82) is 0 Å². The lowest BCUT2D eigenvalue weighted by Crippen LogP contribution is -2.44. The molecule has 1 aliphatic heterocycles. The van der Waals surface area contributed by atoms with Gasteiger partial charge < -0.3 is 14.2 Å². The van der Waals surface area contributed by atoms with E-state index in [1.165, 1.54) is 12.1 Å². The third kappa shape index (κ3) is 5.73. The Morgan fingerprint density at radius 1 is 0.685 bits per heavy atom. The van der Waals surface area contributed by atoms with E-state index in [9.17, 15) is 13.2 Å². The number of ether oxygens (including phenoxy) is 3. The molecule has 1 spiro atoms. The number of benzene rings is 5. The minimum atomic E-state index is -4.47. The molecular formula is C46H45F3O3S2. The number of alkyl halides is 3. The molecule has 0 atom stereocenters. The minimum Gasteiger partial charge on any atom is -0.497 e. The number of rotatable bonds is 6. The van der Waals surface area contributed by atoms with Gasteiger partial charge in [-0.25, -0.2) is 0 Å². The topological polar surface area (TPSA) is 27.7 Å². The molecular weight excluding hydrogens is 722 g/mol. The van der Waals surface area contributed by atoms with Gasteiger partial charge in [-0.3, -0.25) is 0 Å². The van der Waals surface area contributed by atoms with Crippen LogP contribution >= 0.6 is 23.5 Å². The molecule has 1 saturated carbocycles. The maximum absolute atomic E-state index is 14.6. The maximum Gasteiger partial charge on any atom is 0.416 e. The summed E-state index contributed by atoms with van der Waals surface area (Å²) in [6.45, 7) is 9.09. The van der Waals surface area contributed by atoms with Gasteiger partial charge in [-0.05, 0) is 125 Å². The van der Waals surface area contributed by atoms with Crippen LogP contribution in [0.5, 0.6) is 17.2 Å². The van der Waals surface area contributed by atoms with Crippen LogP contribution in [0.2, 0.25) is 0 Å². The molecule has 8 rings (SSSR count). The van der Waals surface area contributed by atoms with Gasteiger partial charge >= 0.3 is 6.18 Å². The first-order chi connectivity index (χ1) is 25.6. The highest BCUT2D eigenvalue weighted by Gasteiger charge is 2.56. The summed E-state index contributed by atoms with van der Waals surface area (Å²) in [6, 6.07) is 24.9. The average molecular weight is 767 g/mol. The molecule has 280 valence electrons. The van der Waals surface area contributed by atoms with E-state index in [-0.39, 0.29) is 10.8 Å². The second-order valence-electron chi connectivity index (χ2n) is 16.6. The summed E-state index contributed by atoms with van der Waals surface area (Å²) in [5.41, 5.74) is 3.96. The molecule has 0 amide bonds. The molecule has 0 N–H and O–H groups in total. The maximum atomic E-state index is 14.6. The third-order valence-corrected chi connectivity index (χ3v) is 13.4. The zero-order valence-electron chi connectivity index (χ0n) is 32.0. The number of hydrogen-bond donors (Lipinski definition) is 0. The fourth-order valence-electron chi connectivity index (χ4n) is 10.4. The van der Waals surface area contributed by atoms with E-state index in [0.29, 0.717) is 0 Å². The summed E-state index contributed by atoms with van der Waals surface area (Å²) in [5.74, 6) is 2.22. The highest BCUT2D eigenvalue weighted by molar-refractivity contribution is 8.01. The van der Waals surface area contributed by atoms with E-state index in [4.69, 9.17) is 14.2 Å². The van der Waals surface area contributed by atoms with Crippen molar-refractivity contribution in [3.63, 3.8) is 0 Å². The molecule has 2 aliphatic carbocycles. The first-order valence-corrected chi connectivity index (χ1v) is 20.7. The lowest BCUT2D eigenvalue weighted by atomic mass is 9.52. The van der Waals surface area contributed by atoms with Gasteiger partial charge in [0.15, 0.2) is 5.60 Å². The Hall–Kier alpha value is -4.01. The molecule has 0 unspecified atom stereocenters. The zero-order valence-corrected chi connectivity index (χ0v) is 33.6. The largest absolute Gasteiger partial charge is 0.497 e. The van der Waals surface area contributed by atoms with E-state index in [2.05, 4.69) is 64.5 Å². The summed E-state index contributed by atoms with van der Waals surface area (Å²) >= 11 is 3.37. The Labute approximate surface area is 324 Å². The Morgan fingerprint density at radius 3 is 1.72 bits per heavy atom. The van der Waals surface area contributed by atoms with Crippen molar-refractivity contribution in [3.8, 4) is 28.4 Å². The third-order valence-electron chi connectivity index (χ3n) is 11.7. The van der Waals surface area contributed by atoms with Crippen LogP contribution in [-0.4, -0.2) is 26.7 Å². The highest BCUT2D eigenvalue weighted by atomic mass is 32.2. The average Bonchev–Trinajstić information content (AvgIpc) is 3.40. The highest BCUT2D eigenvalue weighted by Crippen LogP contribution is 2.67.